The minimum atomic E-state index is -3.23. The fourth-order valence-corrected chi connectivity index (χ4v) is 5.35. The van der Waals surface area contributed by atoms with E-state index in [4.69, 9.17) is 0 Å². The number of hydrogen-bond acceptors (Lipinski definition) is 5. The van der Waals surface area contributed by atoms with E-state index in [2.05, 4.69) is 38.6 Å². The van der Waals surface area contributed by atoms with Crippen LogP contribution < -0.4 is 10.6 Å². The van der Waals surface area contributed by atoms with Crippen LogP contribution in [-0.4, -0.2) is 57.9 Å². The quantitative estimate of drug-likeness (QED) is 0.381. The molecule has 0 spiro atoms. The van der Waals surface area contributed by atoms with E-state index in [1.54, 1.807) is 24.3 Å². The molecular weight excluding hydrogens is 493 g/mol. The van der Waals surface area contributed by atoms with Crippen molar-refractivity contribution in [3.63, 3.8) is 0 Å². The second-order valence-electron chi connectivity index (χ2n) is 10.2. The summed E-state index contributed by atoms with van der Waals surface area (Å²) in [4.78, 5) is 23.1. The Hall–Kier alpha value is -3.40. The summed E-state index contributed by atoms with van der Waals surface area (Å²) < 4.78 is 43.9. The molecule has 2 aromatic heterocycles. The summed E-state index contributed by atoms with van der Waals surface area (Å²) >= 11 is 0. The number of nitrogens with one attached hydrogen (secondary N) is 2. The molecule has 1 saturated heterocycles. The van der Waals surface area contributed by atoms with E-state index in [9.17, 15) is 13.6 Å². The van der Waals surface area contributed by atoms with E-state index in [-0.39, 0.29) is 29.3 Å². The number of aromatic nitrogens is 3. The van der Waals surface area contributed by atoms with Crippen LogP contribution in [-0.2, 0) is 4.79 Å². The molecule has 7 nitrogen and oxygen atoms in total. The molecule has 1 aliphatic heterocycles. The summed E-state index contributed by atoms with van der Waals surface area (Å²) in [7, 11) is 2.09. The van der Waals surface area contributed by atoms with Gasteiger partial charge in [-0.1, -0.05) is 12.1 Å². The first-order valence-corrected chi connectivity index (χ1v) is 13.2. The predicted molar refractivity (Wildman–Crippen MR) is 144 cm³/mol. The molecule has 202 valence electrons. The molecule has 1 amide bonds. The van der Waals surface area contributed by atoms with E-state index < -0.39 is 12.7 Å². The first-order valence-electron chi connectivity index (χ1n) is 13.2. The Morgan fingerprint density at radius 2 is 1.84 bits per heavy atom. The summed E-state index contributed by atoms with van der Waals surface area (Å²) in [6.07, 6.45) is 2.01. The number of amides is 1. The average molecular weight is 527 g/mol. The van der Waals surface area contributed by atoms with Gasteiger partial charge >= 0.3 is 0 Å². The minimum Gasteiger partial charge on any atom is -0.382 e. The predicted octanol–water partition coefficient (Wildman–Crippen LogP) is 6.25. The van der Waals surface area contributed by atoms with Crippen molar-refractivity contribution in [3.05, 3.63) is 42.1 Å². The lowest BCUT2D eigenvalue weighted by Gasteiger charge is -2.30. The number of halogens is 3. The topological polar surface area (TPSA) is 75.1 Å². The third-order valence-electron chi connectivity index (χ3n) is 7.31. The largest absolute Gasteiger partial charge is 0.382 e. The molecule has 0 radical (unpaired) electrons. The van der Waals surface area contributed by atoms with Gasteiger partial charge in [0.1, 0.15) is 0 Å². The highest BCUT2D eigenvalue weighted by atomic mass is 19.3. The van der Waals surface area contributed by atoms with Crippen LogP contribution in [0.5, 0.6) is 0 Å². The molecule has 0 bridgehead atoms. The third-order valence-corrected chi connectivity index (χ3v) is 7.31. The first kappa shape index (κ1) is 26.2. The Labute approximate surface area is 220 Å². The summed E-state index contributed by atoms with van der Waals surface area (Å²) in [6.45, 7) is 3.27. The average Bonchev–Trinajstić information content (AvgIpc) is 3.30. The Balaban J connectivity index is 1.65. The first-order chi connectivity index (χ1) is 18.3. The molecule has 0 saturated carbocycles. The monoisotopic (exact) mass is 526 g/mol. The Bertz CT molecular complexity index is 1350. The van der Waals surface area contributed by atoms with Crippen LogP contribution in [0.25, 0.3) is 27.9 Å². The van der Waals surface area contributed by atoms with E-state index in [0.29, 0.717) is 16.6 Å². The molecule has 1 fully saturated rings. The van der Waals surface area contributed by atoms with Gasteiger partial charge in [0.2, 0.25) is 18.2 Å². The van der Waals surface area contributed by atoms with Crippen LogP contribution in [0.15, 0.2) is 36.4 Å². The van der Waals surface area contributed by atoms with Crippen molar-refractivity contribution >= 4 is 34.0 Å². The van der Waals surface area contributed by atoms with Gasteiger partial charge < -0.3 is 14.8 Å². The van der Waals surface area contributed by atoms with Crippen molar-refractivity contribution in [2.45, 2.75) is 64.2 Å². The van der Waals surface area contributed by atoms with Gasteiger partial charge in [-0.2, -0.15) is 0 Å². The molecule has 2 aliphatic rings. The van der Waals surface area contributed by atoms with Gasteiger partial charge in [-0.25, -0.2) is 23.1 Å². The molecule has 1 atom stereocenters. The number of likely N-dealkylation sites (tertiary alicyclic amines) is 1. The highest BCUT2D eigenvalue weighted by Crippen LogP contribution is 2.38. The fourth-order valence-electron chi connectivity index (χ4n) is 5.35. The van der Waals surface area contributed by atoms with Crippen molar-refractivity contribution in [1.29, 1.82) is 0 Å². The normalized spacial score (nSPS) is 18.0. The number of benzene rings is 1. The van der Waals surface area contributed by atoms with Crippen LogP contribution in [0.4, 0.5) is 24.8 Å². The molecular formula is C28H33F3N6O. The Kier molecular flexibility index (Phi) is 7.69. The number of nitrogens with zero attached hydrogens (tertiary/aromatic N) is 4. The smallest absolute Gasteiger partial charge is 0.288 e. The van der Waals surface area contributed by atoms with Gasteiger partial charge in [0.15, 0.2) is 0 Å². The van der Waals surface area contributed by atoms with Crippen LogP contribution in [0, 0.1) is 0 Å². The molecule has 1 aromatic carbocycles. The van der Waals surface area contributed by atoms with Crippen LogP contribution in [0.2, 0.25) is 0 Å². The van der Waals surface area contributed by atoms with Gasteiger partial charge in [-0.3, -0.25) is 10.1 Å². The molecule has 38 heavy (non-hydrogen) atoms. The lowest BCUT2D eigenvalue weighted by molar-refractivity contribution is -0.114. The third kappa shape index (κ3) is 5.55. The van der Waals surface area contributed by atoms with Crippen molar-refractivity contribution < 1.29 is 18.0 Å². The number of hydrogen-bond donors (Lipinski definition) is 2. The van der Waals surface area contributed by atoms with E-state index >= 15 is 4.39 Å². The van der Waals surface area contributed by atoms with E-state index in [1.807, 2.05) is 6.07 Å². The fraction of sp³-hybridized carbons (Fsp3) is 0.464. The molecule has 2 N–H and O–H groups in total. The van der Waals surface area contributed by atoms with Crippen LogP contribution in [0.3, 0.4) is 0 Å². The maximum absolute atomic E-state index is 15.2. The number of fused-ring (bicyclic) bond motifs is 1. The molecule has 1 aliphatic carbocycles. The number of carbonyl (C=O) groups is 1. The van der Waals surface area contributed by atoms with Crippen molar-refractivity contribution in [2.24, 2.45) is 0 Å². The summed E-state index contributed by atoms with van der Waals surface area (Å²) in [6, 6.07) is 8.93. The molecule has 3 aromatic rings. The summed E-state index contributed by atoms with van der Waals surface area (Å²) in [5, 5.41) is 6.81. The van der Waals surface area contributed by atoms with Gasteiger partial charge in [0, 0.05) is 24.0 Å². The minimum absolute atomic E-state index is 0.0606. The highest BCUT2D eigenvalue weighted by molar-refractivity contribution is 5.97. The zero-order valence-corrected chi connectivity index (χ0v) is 21.7. The second-order valence-corrected chi connectivity index (χ2v) is 10.2. The lowest BCUT2D eigenvalue weighted by Crippen LogP contribution is -2.36. The second kappa shape index (κ2) is 11.1. The molecule has 3 heterocycles. The zero-order valence-electron chi connectivity index (χ0n) is 21.7. The Morgan fingerprint density at radius 1 is 1.08 bits per heavy atom. The SMILES string of the molecule is CC(=O)Nc1nc(C2=CCCCC2)cc(-c2cc3c(NC4CCN(C)CC4)cccc3n2C(F)C(F)F)n1. The number of anilines is 2. The standard InChI is InChI=1S/C28H33F3N6O/c1-17(38)32-28-34-22(18-7-4-3-5-8-18)16-23(35-28)25-15-20-21(33-19-11-13-36(2)14-12-19)9-6-10-24(20)37(25)27(31)26(29)30/h6-7,9-10,15-16,19,26-27,33H,3-5,8,11-14H2,1-2H3,(H,32,34,35,38). The van der Waals surface area contributed by atoms with Crippen molar-refractivity contribution in [3.8, 4) is 11.4 Å². The molecule has 1 unspecified atom stereocenters. The van der Waals surface area contributed by atoms with E-state index in [0.717, 1.165) is 67.4 Å². The van der Waals surface area contributed by atoms with Crippen LogP contribution in [0.1, 0.15) is 57.4 Å². The van der Waals surface area contributed by atoms with Gasteiger partial charge in [-0.05, 0) is 88.5 Å². The van der Waals surface area contributed by atoms with Gasteiger partial charge in [0.05, 0.1) is 22.6 Å². The van der Waals surface area contributed by atoms with E-state index in [1.165, 1.54) is 6.92 Å². The maximum atomic E-state index is 15.2. The lowest BCUT2D eigenvalue weighted by atomic mass is 9.96. The summed E-state index contributed by atoms with van der Waals surface area (Å²) in [5.74, 6) is -0.294. The Morgan fingerprint density at radius 3 is 2.53 bits per heavy atom. The van der Waals surface area contributed by atoms with Crippen molar-refractivity contribution in [2.75, 3.05) is 30.8 Å². The number of carbonyl (C=O) groups excluding carboxylic acids is 1. The maximum Gasteiger partial charge on any atom is 0.288 e. The van der Waals surface area contributed by atoms with Gasteiger partial charge in [-0.15, -0.1) is 0 Å². The van der Waals surface area contributed by atoms with Crippen molar-refractivity contribution in [1.82, 2.24) is 19.4 Å². The zero-order chi connectivity index (χ0) is 26.8. The highest BCUT2D eigenvalue weighted by Gasteiger charge is 2.28. The molecule has 5 rings (SSSR count). The number of rotatable bonds is 7. The summed E-state index contributed by atoms with van der Waals surface area (Å²) in [5.41, 5.74) is 3.21. The number of piperidine rings is 1. The number of allylic oxidation sites excluding steroid dienone is 2. The van der Waals surface area contributed by atoms with Crippen LogP contribution >= 0.6 is 0 Å². The van der Waals surface area contributed by atoms with Gasteiger partial charge in [0.25, 0.3) is 6.43 Å². The molecule has 10 heteroatoms. The number of alkyl halides is 3.